The Morgan fingerprint density at radius 2 is 1.30 bits per heavy atom. The number of aromatic nitrogens is 2. The van der Waals surface area contributed by atoms with E-state index in [0.717, 1.165) is 12.0 Å². The number of halogens is 1. The number of likely N-dealkylation sites (N-methyl/N-ethyl adjacent to an activating group) is 2. The summed E-state index contributed by atoms with van der Waals surface area (Å²) in [5.41, 5.74) is 0.956. The van der Waals surface area contributed by atoms with E-state index in [1.807, 2.05) is 6.92 Å². The number of aromatic hydroxyl groups is 1. The number of hydrogen-bond donors (Lipinski definition) is 5. The first-order valence-electron chi connectivity index (χ1n) is 19.7. The molecule has 1 aromatic heterocycles. The Morgan fingerprint density at radius 3 is 1.82 bits per heavy atom. The summed E-state index contributed by atoms with van der Waals surface area (Å²) in [5, 5.41) is 21.1. The van der Waals surface area contributed by atoms with Crippen LogP contribution in [0.1, 0.15) is 74.3 Å². The van der Waals surface area contributed by atoms with Crippen LogP contribution < -0.4 is 26.0 Å². The highest BCUT2D eigenvalue weighted by atomic mass is 19.1. The Bertz CT molecular complexity index is 2110. The molecule has 0 aliphatic heterocycles. The fourth-order valence-electron chi connectivity index (χ4n) is 4.90. The lowest BCUT2D eigenvalue weighted by Crippen LogP contribution is -2.45. The molecule has 2 atom stereocenters. The number of phenols is 1. The summed E-state index contributed by atoms with van der Waals surface area (Å²) >= 11 is 0. The molecule has 17 heteroatoms. The molecule has 4 rings (SSSR count). The summed E-state index contributed by atoms with van der Waals surface area (Å²) in [6, 6.07) is 17.7. The Balaban J connectivity index is 0.000000398. The Labute approximate surface area is 357 Å². The van der Waals surface area contributed by atoms with Gasteiger partial charge in [0.05, 0.1) is 5.56 Å². The highest BCUT2D eigenvalue weighted by Gasteiger charge is 2.28. The van der Waals surface area contributed by atoms with Crippen molar-refractivity contribution >= 4 is 52.8 Å². The molecule has 0 bridgehead atoms. The summed E-state index contributed by atoms with van der Waals surface area (Å²) in [6.45, 7) is 16.7. The van der Waals surface area contributed by atoms with Crippen molar-refractivity contribution in [1.29, 1.82) is 0 Å². The van der Waals surface area contributed by atoms with E-state index < -0.39 is 35.5 Å². The summed E-state index contributed by atoms with van der Waals surface area (Å²) in [5.74, 6) is 0.403. The Morgan fingerprint density at radius 1 is 0.770 bits per heavy atom. The standard InChI is InChI=1S/C29H37FN6O4.C15H22N2O4/c1-7-14-31-25-20(17-32-27(35-25)34-22-11-8-10-21(30)15-22)18-39-24-13-9-12-23(16-24)33-26(37)19(2)36(6)28(38)40-29(3,4)5;1-10(17(5)14(20)21-15(2,3)4)13(19)16-11-7-6-8-12(18)9-11/h8-13,15-17,19H,7,14,18H2,1-6H3,(H,33,37)(H2,31,32,34,35);6-10,18H,1-5H3,(H,16,19)/t19-;10-/m00/s1. The lowest BCUT2D eigenvalue weighted by molar-refractivity contribution is -0.121. The molecule has 61 heavy (non-hydrogen) atoms. The van der Waals surface area contributed by atoms with Crippen molar-refractivity contribution in [2.75, 3.05) is 41.9 Å². The number of rotatable bonds is 14. The van der Waals surface area contributed by atoms with Gasteiger partial charge in [-0.2, -0.15) is 4.98 Å². The number of carbonyl (C=O) groups is 4. The molecule has 4 amide bonds. The largest absolute Gasteiger partial charge is 0.508 e. The van der Waals surface area contributed by atoms with E-state index in [1.54, 1.807) is 110 Å². The highest BCUT2D eigenvalue weighted by Crippen LogP contribution is 2.23. The maximum Gasteiger partial charge on any atom is 0.410 e. The third kappa shape index (κ3) is 16.9. The minimum atomic E-state index is -0.761. The summed E-state index contributed by atoms with van der Waals surface area (Å²) < 4.78 is 30.1. The van der Waals surface area contributed by atoms with Crippen LogP contribution in [-0.4, -0.2) is 92.8 Å². The molecule has 0 saturated carbocycles. The summed E-state index contributed by atoms with van der Waals surface area (Å²) in [6.07, 6.45) is 1.38. The molecular weight excluding hydrogens is 788 g/mol. The van der Waals surface area contributed by atoms with E-state index in [1.165, 1.54) is 48.2 Å². The molecule has 0 saturated heterocycles. The zero-order valence-corrected chi connectivity index (χ0v) is 36.8. The maximum atomic E-state index is 13.5. The van der Waals surface area contributed by atoms with E-state index >= 15 is 0 Å². The van der Waals surface area contributed by atoms with Crippen molar-refractivity contribution in [3.05, 3.63) is 90.4 Å². The van der Waals surface area contributed by atoms with Crippen LogP contribution in [0, 0.1) is 5.82 Å². The SMILES string of the molecule is CCCNc1nc(Nc2cccc(F)c2)ncc1COc1cccc(NC(=O)[C@H](C)N(C)C(=O)OC(C)(C)C)c1.C[C@@H](C(=O)Nc1cccc(O)c1)N(C)C(=O)OC(C)(C)C. The third-order valence-electron chi connectivity index (χ3n) is 8.38. The summed E-state index contributed by atoms with van der Waals surface area (Å²) in [7, 11) is 3.02. The number of hydrogen-bond acceptors (Lipinski definition) is 12. The highest BCUT2D eigenvalue weighted by molar-refractivity contribution is 5.97. The first-order valence-corrected chi connectivity index (χ1v) is 19.7. The second kappa shape index (κ2) is 22.1. The predicted molar refractivity (Wildman–Crippen MR) is 234 cm³/mol. The molecule has 330 valence electrons. The molecule has 1 heterocycles. The molecule has 16 nitrogen and oxygen atoms in total. The van der Waals surface area contributed by atoms with Crippen molar-refractivity contribution in [2.45, 2.75) is 98.6 Å². The molecule has 0 fully saturated rings. The smallest absolute Gasteiger partial charge is 0.410 e. The van der Waals surface area contributed by atoms with Gasteiger partial charge in [0.15, 0.2) is 0 Å². The molecule has 0 radical (unpaired) electrons. The Kier molecular flexibility index (Phi) is 17.6. The van der Waals surface area contributed by atoms with Gasteiger partial charge in [-0.15, -0.1) is 0 Å². The van der Waals surface area contributed by atoms with Gasteiger partial charge in [-0.05, 0) is 104 Å². The molecule has 5 N–H and O–H groups in total. The molecule has 0 unspecified atom stereocenters. The lowest BCUT2D eigenvalue weighted by atomic mass is 10.2. The Hall–Kier alpha value is -6.65. The van der Waals surface area contributed by atoms with Crippen molar-refractivity contribution in [3.8, 4) is 11.5 Å². The number of benzene rings is 3. The van der Waals surface area contributed by atoms with E-state index in [-0.39, 0.29) is 30.0 Å². The van der Waals surface area contributed by atoms with Gasteiger partial charge in [0.2, 0.25) is 17.8 Å². The monoisotopic (exact) mass is 846 g/mol. The van der Waals surface area contributed by atoms with Crippen molar-refractivity contribution in [2.24, 2.45) is 0 Å². The van der Waals surface area contributed by atoms with Crippen LogP contribution in [0.4, 0.5) is 42.8 Å². The quantitative estimate of drug-likeness (QED) is 0.0813. The maximum absolute atomic E-state index is 13.5. The van der Waals surface area contributed by atoms with Gasteiger partial charge in [-0.1, -0.05) is 25.1 Å². The molecular formula is C44H59FN8O8. The zero-order valence-electron chi connectivity index (χ0n) is 36.8. The second-order valence-corrected chi connectivity index (χ2v) is 16.0. The van der Waals surface area contributed by atoms with E-state index in [4.69, 9.17) is 14.2 Å². The number of amides is 4. The minimum Gasteiger partial charge on any atom is -0.508 e. The third-order valence-corrected chi connectivity index (χ3v) is 8.38. The van der Waals surface area contributed by atoms with Crippen molar-refractivity contribution < 1.29 is 42.9 Å². The van der Waals surface area contributed by atoms with Crippen LogP contribution >= 0.6 is 0 Å². The van der Waals surface area contributed by atoms with Gasteiger partial charge in [0.1, 0.15) is 53.0 Å². The number of ether oxygens (including phenoxy) is 3. The minimum absolute atomic E-state index is 0.0564. The van der Waals surface area contributed by atoms with Crippen LogP contribution in [0.5, 0.6) is 11.5 Å². The normalized spacial score (nSPS) is 12.0. The van der Waals surface area contributed by atoms with Gasteiger partial charge in [0, 0.05) is 56.0 Å². The topological polar surface area (TPSA) is 197 Å². The van der Waals surface area contributed by atoms with Gasteiger partial charge < -0.3 is 40.6 Å². The number of phenolic OH excluding ortho intramolecular Hbond substituents is 1. The molecule has 0 aliphatic rings. The lowest BCUT2D eigenvalue weighted by Gasteiger charge is -2.28. The molecule has 4 aromatic rings. The van der Waals surface area contributed by atoms with Gasteiger partial charge in [-0.3, -0.25) is 19.4 Å². The summed E-state index contributed by atoms with van der Waals surface area (Å²) in [4.78, 5) is 60.5. The molecule has 3 aromatic carbocycles. The van der Waals surface area contributed by atoms with Crippen LogP contribution in [0.3, 0.4) is 0 Å². The number of nitrogens with one attached hydrogen (secondary N) is 4. The molecule has 0 aliphatic carbocycles. The van der Waals surface area contributed by atoms with Gasteiger partial charge >= 0.3 is 12.2 Å². The predicted octanol–water partition coefficient (Wildman–Crippen LogP) is 8.54. The average Bonchev–Trinajstić information content (AvgIpc) is 3.17. The second-order valence-electron chi connectivity index (χ2n) is 16.0. The van der Waals surface area contributed by atoms with E-state index in [9.17, 15) is 28.7 Å². The number of anilines is 5. The van der Waals surface area contributed by atoms with E-state index in [2.05, 4.69) is 31.2 Å². The van der Waals surface area contributed by atoms with Crippen molar-refractivity contribution in [1.82, 2.24) is 19.8 Å². The molecule has 0 spiro atoms. The van der Waals surface area contributed by atoms with Crippen LogP contribution in [0.15, 0.2) is 79.0 Å². The van der Waals surface area contributed by atoms with Gasteiger partial charge in [0.25, 0.3) is 0 Å². The number of carbonyl (C=O) groups excluding carboxylic acids is 4. The van der Waals surface area contributed by atoms with Crippen LogP contribution in [0.2, 0.25) is 0 Å². The van der Waals surface area contributed by atoms with E-state index in [0.29, 0.717) is 41.1 Å². The average molecular weight is 847 g/mol. The van der Waals surface area contributed by atoms with Crippen LogP contribution in [0.25, 0.3) is 0 Å². The van der Waals surface area contributed by atoms with Crippen molar-refractivity contribution in [3.63, 3.8) is 0 Å². The van der Waals surface area contributed by atoms with Gasteiger partial charge in [-0.25, -0.2) is 19.0 Å². The number of nitrogens with zero attached hydrogens (tertiary/aromatic N) is 4. The first kappa shape index (κ1) is 48.7. The zero-order chi connectivity index (χ0) is 45.5. The fraction of sp³-hybridized carbons (Fsp3) is 0.409. The van der Waals surface area contributed by atoms with Crippen LogP contribution in [-0.2, 0) is 25.7 Å². The first-order chi connectivity index (χ1) is 28.5. The fourth-order valence-corrected chi connectivity index (χ4v) is 4.90.